The summed E-state index contributed by atoms with van der Waals surface area (Å²) in [6, 6.07) is 5.65. The highest BCUT2D eigenvalue weighted by atomic mass is 32.3. The van der Waals surface area contributed by atoms with Crippen molar-refractivity contribution < 1.29 is 28.0 Å². The lowest BCUT2D eigenvalue weighted by molar-refractivity contribution is -0.384. The Kier molecular flexibility index (Phi) is 6.32. The number of hydrogen-bond acceptors (Lipinski definition) is 11. The molecule has 1 heterocycles. The molecule has 2 rings (SSSR count). The van der Waals surface area contributed by atoms with E-state index in [4.69, 9.17) is 4.52 Å². The summed E-state index contributed by atoms with van der Waals surface area (Å²) in [4.78, 5) is 12.3. The van der Waals surface area contributed by atoms with Crippen LogP contribution in [0.2, 0.25) is 0 Å². The average molecular weight is 385 g/mol. The van der Waals surface area contributed by atoms with Gasteiger partial charge in [0.15, 0.2) is 5.69 Å². The van der Waals surface area contributed by atoms with Gasteiger partial charge in [0.2, 0.25) is 10.4 Å². The van der Waals surface area contributed by atoms with Crippen molar-refractivity contribution in [2.75, 3.05) is 24.6 Å². The first-order valence-corrected chi connectivity index (χ1v) is 8.59. The van der Waals surface area contributed by atoms with E-state index in [0.717, 1.165) is 0 Å². The summed E-state index contributed by atoms with van der Waals surface area (Å²) in [6.07, 6.45) is 1.36. The number of nitrogens with zero attached hydrogens (tertiary/aromatic N) is 5. The van der Waals surface area contributed by atoms with Crippen LogP contribution < -0.4 is 4.90 Å². The second kappa shape index (κ2) is 8.46. The van der Waals surface area contributed by atoms with E-state index in [1.807, 2.05) is 0 Å². The third-order valence-corrected chi connectivity index (χ3v) is 3.63. The number of anilines is 1. The van der Waals surface area contributed by atoms with Crippen molar-refractivity contribution in [2.24, 2.45) is 10.2 Å². The zero-order valence-electron chi connectivity index (χ0n) is 14.5. The molecule has 1 aromatic heterocycles. The monoisotopic (exact) mass is 385 g/mol. The highest BCUT2D eigenvalue weighted by Gasteiger charge is 2.17. The molecule has 13 heteroatoms. The van der Waals surface area contributed by atoms with Gasteiger partial charge in [-0.3, -0.25) is 14.3 Å². The normalized spacial score (nSPS) is 11.8. The van der Waals surface area contributed by atoms with E-state index in [1.54, 1.807) is 17.9 Å². The fourth-order valence-corrected chi connectivity index (χ4v) is 2.30. The van der Waals surface area contributed by atoms with E-state index in [-0.39, 0.29) is 31.8 Å². The van der Waals surface area contributed by atoms with Crippen molar-refractivity contribution in [2.45, 2.75) is 6.92 Å². The molecule has 140 valence electrons. The Morgan fingerprint density at radius 2 is 2.15 bits per heavy atom. The van der Waals surface area contributed by atoms with Crippen molar-refractivity contribution in [3.05, 3.63) is 40.6 Å². The highest BCUT2D eigenvalue weighted by molar-refractivity contribution is 7.80. The zero-order chi connectivity index (χ0) is 19.2. The molecule has 0 bridgehead atoms. The Labute approximate surface area is 149 Å². The number of likely N-dealkylation sites (N-methyl/N-ethyl adjacent to an activating group) is 1. The third kappa shape index (κ3) is 5.58. The largest absolute Gasteiger partial charge is 1.00 e. The van der Waals surface area contributed by atoms with Gasteiger partial charge in [-0.1, -0.05) is 5.16 Å². The maximum Gasteiger partial charge on any atom is 1.00 e. The standard InChI is InChI=1S/C13H15N5O7S/c1-2-17(7-8-24-26(21,22)23)10-3-4-11(12(9-10)18(19)20)15-16-13-5-6-14-25-13/h3-6,9H,2,7-8H2,1H3,(H,21,22,23). The maximum atomic E-state index is 11.3. The molecule has 0 radical (unpaired) electrons. The molecule has 0 spiro atoms. The van der Waals surface area contributed by atoms with E-state index in [9.17, 15) is 23.1 Å². The Morgan fingerprint density at radius 1 is 1.38 bits per heavy atom. The van der Waals surface area contributed by atoms with Gasteiger partial charge in [0, 0.05) is 30.9 Å². The van der Waals surface area contributed by atoms with Gasteiger partial charge in [-0.05, 0) is 19.1 Å². The molecule has 0 unspecified atom stereocenters. The van der Waals surface area contributed by atoms with Crippen molar-refractivity contribution in [3.8, 4) is 0 Å². The van der Waals surface area contributed by atoms with Gasteiger partial charge in [0.1, 0.15) is 0 Å². The number of aromatic nitrogens is 1. The molecule has 0 aliphatic rings. The van der Waals surface area contributed by atoms with Crippen LogP contribution in [0.3, 0.4) is 0 Å². The Hall–Kier alpha value is -2.90. The molecule has 0 atom stereocenters. The van der Waals surface area contributed by atoms with Gasteiger partial charge in [0.05, 0.1) is 17.7 Å². The lowest BCUT2D eigenvalue weighted by Crippen LogP contribution is -2.28. The average Bonchev–Trinajstić information content (AvgIpc) is 3.09. The van der Waals surface area contributed by atoms with Crippen LogP contribution in [0.1, 0.15) is 8.35 Å². The van der Waals surface area contributed by atoms with Gasteiger partial charge in [-0.25, -0.2) is 8.42 Å². The predicted molar refractivity (Wildman–Crippen MR) is 88.4 cm³/mol. The molecule has 1 aromatic carbocycles. The van der Waals surface area contributed by atoms with Crippen LogP contribution in [0.15, 0.2) is 45.2 Å². The quantitative estimate of drug-likeness (QED) is 0.207. The van der Waals surface area contributed by atoms with Crippen molar-refractivity contribution in [1.29, 1.82) is 0 Å². The fourth-order valence-electron chi connectivity index (χ4n) is 2.02. The van der Waals surface area contributed by atoms with Crippen LogP contribution in [0, 0.1) is 10.1 Å². The van der Waals surface area contributed by atoms with Gasteiger partial charge in [0.25, 0.3) is 11.6 Å². The van der Waals surface area contributed by atoms with Crippen LogP contribution in [0.25, 0.3) is 0 Å². The van der Waals surface area contributed by atoms with Crippen LogP contribution in [-0.2, 0) is 14.6 Å². The molecule has 0 saturated heterocycles. The summed E-state index contributed by atoms with van der Waals surface area (Å²) in [5.41, 5.74) is 0.135. The smallest absolute Gasteiger partial charge is 0.726 e. The number of azo groups is 1. The van der Waals surface area contributed by atoms with Crippen LogP contribution in [0.4, 0.5) is 22.9 Å². The van der Waals surface area contributed by atoms with Crippen LogP contribution in [0.5, 0.6) is 0 Å². The first kappa shape index (κ1) is 19.4. The lowest BCUT2D eigenvalue weighted by atomic mass is 10.2. The van der Waals surface area contributed by atoms with E-state index >= 15 is 0 Å². The summed E-state index contributed by atoms with van der Waals surface area (Å²) in [7, 11) is -4.79. The Morgan fingerprint density at radius 3 is 2.73 bits per heavy atom. The van der Waals surface area contributed by atoms with Gasteiger partial charge >= 0.3 is 1.43 Å². The molecule has 2 aromatic rings. The minimum absolute atomic E-state index is 0. The Bertz CT molecular complexity index is 888. The molecule has 26 heavy (non-hydrogen) atoms. The predicted octanol–water partition coefficient (Wildman–Crippen LogP) is 2.41. The van der Waals surface area contributed by atoms with E-state index in [0.29, 0.717) is 12.2 Å². The third-order valence-electron chi connectivity index (χ3n) is 3.17. The molecule has 0 saturated carbocycles. The fraction of sp³-hybridized carbons (Fsp3) is 0.308. The number of hydrogen-bond donors (Lipinski definition) is 0. The maximum absolute atomic E-state index is 11.3. The van der Waals surface area contributed by atoms with E-state index < -0.39 is 15.3 Å². The topological polar surface area (TPSA) is 164 Å². The minimum Gasteiger partial charge on any atom is -0.726 e. The summed E-state index contributed by atoms with van der Waals surface area (Å²) < 4.78 is 40.3. The van der Waals surface area contributed by atoms with Crippen molar-refractivity contribution in [3.63, 3.8) is 0 Å². The molecule has 0 fully saturated rings. The molecule has 0 aliphatic heterocycles. The van der Waals surface area contributed by atoms with Crippen molar-refractivity contribution in [1.82, 2.24) is 5.16 Å². The molecule has 12 nitrogen and oxygen atoms in total. The van der Waals surface area contributed by atoms with Gasteiger partial charge < -0.3 is 14.0 Å². The first-order valence-electron chi connectivity index (χ1n) is 7.26. The SMILES string of the molecule is CCN(CCOS(=O)(=O)[O-])c1ccc(N=Nc2ccno2)c([N+](=O)[O-])c1.[H+]. The summed E-state index contributed by atoms with van der Waals surface area (Å²) in [5, 5.41) is 22.2. The number of benzene rings is 1. The molecule has 0 amide bonds. The number of nitro benzene ring substituents is 1. The van der Waals surface area contributed by atoms with Gasteiger partial charge in [-0.15, -0.1) is 10.2 Å². The highest BCUT2D eigenvalue weighted by Crippen LogP contribution is 2.33. The van der Waals surface area contributed by atoms with Gasteiger partial charge in [-0.2, -0.15) is 0 Å². The lowest BCUT2D eigenvalue weighted by Gasteiger charge is -2.23. The summed E-state index contributed by atoms with van der Waals surface area (Å²) in [5.74, 6) is 0.0922. The zero-order valence-corrected chi connectivity index (χ0v) is 14.3. The minimum atomic E-state index is -4.79. The van der Waals surface area contributed by atoms with Crippen LogP contribution in [-0.4, -0.2) is 42.7 Å². The Balaban J connectivity index is 0.00000364. The summed E-state index contributed by atoms with van der Waals surface area (Å²) in [6.45, 7) is 1.84. The summed E-state index contributed by atoms with van der Waals surface area (Å²) >= 11 is 0. The van der Waals surface area contributed by atoms with E-state index in [2.05, 4.69) is 19.6 Å². The second-order valence-electron chi connectivity index (χ2n) is 4.79. The van der Waals surface area contributed by atoms with Crippen LogP contribution >= 0.6 is 0 Å². The number of nitro groups is 1. The molecule has 0 aliphatic carbocycles. The first-order chi connectivity index (χ1) is 12.3. The van der Waals surface area contributed by atoms with E-state index in [1.165, 1.54) is 24.4 Å². The second-order valence-corrected chi connectivity index (χ2v) is 5.84. The molecular formula is C13H15N5O7S. The van der Waals surface area contributed by atoms with Crippen molar-refractivity contribution >= 4 is 33.3 Å². The molecule has 0 N–H and O–H groups in total. The number of rotatable bonds is 9. The molecular weight excluding hydrogens is 370 g/mol.